The van der Waals surface area contributed by atoms with Crippen molar-refractivity contribution in [2.24, 2.45) is 5.92 Å². The van der Waals surface area contributed by atoms with Crippen molar-refractivity contribution in [1.82, 2.24) is 15.2 Å². The summed E-state index contributed by atoms with van der Waals surface area (Å²) >= 11 is 0. The Morgan fingerprint density at radius 2 is 1.97 bits per heavy atom. The number of aromatic amines is 1. The molecule has 1 aliphatic rings. The van der Waals surface area contributed by atoms with Gasteiger partial charge in [0.1, 0.15) is 5.75 Å². The Hall–Kier alpha value is -4.00. The van der Waals surface area contributed by atoms with E-state index in [-0.39, 0.29) is 23.7 Å². The first kappa shape index (κ1) is 22.8. The zero-order chi connectivity index (χ0) is 24.2. The highest BCUT2D eigenvalue weighted by molar-refractivity contribution is 5.92. The molecule has 35 heavy (non-hydrogen) atoms. The lowest BCUT2D eigenvalue weighted by atomic mass is 9.90. The number of nitrogens with zero attached hydrogens (tertiary/aromatic N) is 1. The van der Waals surface area contributed by atoms with Crippen LogP contribution in [0.5, 0.6) is 5.75 Å². The molecule has 1 saturated heterocycles. The van der Waals surface area contributed by atoms with E-state index in [9.17, 15) is 9.59 Å². The molecule has 2 aromatic heterocycles. The molecular weight excluding hydrogens is 442 g/mol. The van der Waals surface area contributed by atoms with Gasteiger partial charge in [-0.3, -0.25) is 9.59 Å². The molecule has 5 rings (SSSR count). The number of para-hydroxylation sites is 1. The molecule has 2 aromatic carbocycles. The maximum Gasteiger partial charge on any atom is 0.289 e. The molecule has 0 spiro atoms. The van der Waals surface area contributed by atoms with Gasteiger partial charge in [0.2, 0.25) is 5.91 Å². The van der Waals surface area contributed by atoms with Gasteiger partial charge in [0, 0.05) is 42.7 Å². The minimum Gasteiger partial charge on any atom is -0.497 e. The number of nitrogens with one attached hydrogen (secondary N) is 2. The maximum absolute atomic E-state index is 13.2. The summed E-state index contributed by atoms with van der Waals surface area (Å²) in [6, 6.07) is 19.5. The summed E-state index contributed by atoms with van der Waals surface area (Å²) in [6.45, 7) is 1.48. The van der Waals surface area contributed by atoms with Crippen molar-refractivity contribution in [3.63, 3.8) is 0 Å². The first-order chi connectivity index (χ1) is 17.1. The molecule has 2 amide bonds. The lowest BCUT2D eigenvalue weighted by molar-refractivity contribution is -0.126. The number of methoxy groups -OCH3 is 1. The number of rotatable bonds is 7. The lowest BCUT2D eigenvalue weighted by Crippen LogP contribution is -2.46. The summed E-state index contributed by atoms with van der Waals surface area (Å²) in [5.41, 5.74) is 3.28. The normalized spacial score (nSPS) is 16.7. The second-order valence-electron chi connectivity index (χ2n) is 8.93. The van der Waals surface area contributed by atoms with Gasteiger partial charge in [-0.15, -0.1) is 0 Å². The number of amides is 2. The highest BCUT2D eigenvalue weighted by Crippen LogP contribution is 2.31. The highest BCUT2D eigenvalue weighted by Gasteiger charge is 2.30. The molecule has 1 aliphatic heterocycles. The summed E-state index contributed by atoms with van der Waals surface area (Å²) in [5.74, 6) is 0.624. The molecule has 0 aliphatic carbocycles. The number of benzene rings is 2. The third kappa shape index (κ3) is 4.80. The van der Waals surface area contributed by atoms with Gasteiger partial charge in [0.25, 0.3) is 5.91 Å². The SMILES string of the molecule is COc1ccc([C@@H](CNC(=O)[C@H]2CCCN(C(=O)c3ccco3)C2)c2c[nH]c3ccccc23)cc1. The topological polar surface area (TPSA) is 87.6 Å². The largest absolute Gasteiger partial charge is 0.497 e. The van der Waals surface area contributed by atoms with Crippen molar-refractivity contribution in [3.8, 4) is 5.75 Å². The molecule has 7 nitrogen and oxygen atoms in total. The van der Waals surface area contributed by atoms with Crippen LogP contribution in [0.3, 0.4) is 0 Å². The van der Waals surface area contributed by atoms with E-state index < -0.39 is 0 Å². The van der Waals surface area contributed by atoms with Crippen LogP contribution in [0.2, 0.25) is 0 Å². The Morgan fingerprint density at radius 1 is 1.14 bits per heavy atom. The number of piperidine rings is 1. The summed E-state index contributed by atoms with van der Waals surface area (Å²) in [4.78, 5) is 31.0. The predicted molar refractivity (Wildman–Crippen MR) is 133 cm³/mol. The zero-order valence-electron chi connectivity index (χ0n) is 19.7. The third-order valence-electron chi connectivity index (χ3n) is 6.81. The van der Waals surface area contributed by atoms with Crippen LogP contribution in [0.15, 0.2) is 77.5 Å². The lowest BCUT2D eigenvalue weighted by Gasteiger charge is -2.32. The van der Waals surface area contributed by atoms with Crippen molar-refractivity contribution in [3.05, 3.63) is 90.0 Å². The van der Waals surface area contributed by atoms with Gasteiger partial charge in [-0.2, -0.15) is 0 Å². The standard InChI is InChI=1S/C28H29N3O4/c1-34-21-12-10-19(11-13-21)23(24-17-29-25-8-3-2-7-22(24)25)16-30-27(32)20-6-4-14-31(18-20)28(33)26-9-5-15-35-26/h2-3,5,7-13,15,17,20,23,29H,4,6,14,16,18H2,1H3,(H,30,32)/t20-,23+/m0/s1. The Bertz CT molecular complexity index is 1290. The fraction of sp³-hybridized carbons (Fsp3) is 0.286. The van der Waals surface area contributed by atoms with Crippen molar-refractivity contribution in [2.45, 2.75) is 18.8 Å². The highest BCUT2D eigenvalue weighted by atomic mass is 16.5. The molecule has 7 heteroatoms. The van der Waals surface area contributed by atoms with Gasteiger partial charge in [-0.25, -0.2) is 0 Å². The summed E-state index contributed by atoms with van der Waals surface area (Å²) in [7, 11) is 1.65. The molecule has 4 aromatic rings. The molecule has 3 heterocycles. The number of fused-ring (bicyclic) bond motifs is 1. The van der Waals surface area contributed by atoms with Gasteiger partial charge in [-0.05, 0) is 54.3 Å². The summed E-state index contributed by atoms with van der Waals surface area (Å²) in [5, 5.41) is 4.32. The van der Waals surface area contributed by atoms with E-state index in [2.05, 4.69) is 22.4 Å². The minimum atomic E-state index is -0.248. The smallest absolute Gasteiger partial charge is 0.289 e. The summed E-state index contributed by atoms with van der Waals surface area (Å²) in [6.07, 6.45) is 5.06. The second kappa shape index (κ2) is 10.1. The number of ether oxygens (including phenoxy) is 1. The van der Waals surface area contributed by atoms with E-state index in [1.54, 1.807) is 24.1 Å². The Morgan fingerprint density at radius 3 is 2.74 bits per heavy atom. The monoisotopic (exact) mass is 471 g/mol. The minimum absolute atomic E-state index is 0.0275. The van der Waals surface area contributed by atoms with Crippen molar-refractivity contribution in [1.29, 1.82) is 0 Å². The van der Waals surface area contributed by atoms with E-state index in [1.807, 2.05) is 42.6 Å². The maximum atomic E-state index is 13.2. The molecule has 180 valence electrons. The molecule has 0 radical (unpaired) electrons. The molecule has 0 bridgehead atoms. The van der Waals surface area contributed by atoms with Crippen LogP contribution in [-0.2, 0) is 4.79 Å². The van der Waals surface area contributed by atoms with Crippen molar-refractivity contribution in [2.75, 3.05) is 26.7 Å². The van der Waals surface area contributed by atoms with Gasteiger partial charge in [-0.1, -0.05) is 30.3 Å². The number of hydrogen-bond acceptors (Lipinski definition) is 4. The van der Waals surface area contributed by atoms with Crippen LogP contribution < -0.4 is 10.1 Å². The molecule has 0 saturated carbocycles. The van der Waals surface area contributed by atoms with Crippen LogP contribution in [-0.4, -0.2) is 48.4 Å². The molecule has 1 fully saturated rings. The second-order valence-corrected chi connectivity index (χ2v) is 8.93. The van der Waals surface area contributed by atoms with Crippen LogP contribution in [0.4, 0.5) is 0 Å². The Kier molecular flexibility index (Phi) is 6.57. The number of carbonyl (C=O) groups excluding carboxylic acids is 2. The molecular formula is C28H29N3O4. The van der Waals surface area contributed by atoms with E-state index in [4.69, 9.17) is 9.15 Å². The quantitative estimate of drug-likeness (QED) is 0.413. The fourth-order valence-corrected chi connectivity index (χ4v) is 4.90. The van der Waals surface area contributed by atoms with E-state index >= 15 is 0 Å². The Labute approximate surface area is 204 Å². The molecule has 2 N–H and O–H groups in total. The van der Waals surface area contributed by atoms with E-state index in [0.29, 0.717) is 25.4 Å². The molecule has 0 unspecified atom stereocenters. The number of H-pyrrole nitrogens is 1. The van der Waals surface area contributed by atoms with E-state index in [1.165, 1.54) is 6.26 Å². The average Bonchev–Trinajstić information content (AvgIpc) is 3.60. The summed E-state index contributed by atoms with van der Waals surface area (Å²) < 4.78 is 10.6. The number of furan rings is 1. The van der Waals surface area contributed by atoms with Crippen LogP contribution in [0, 0.1) is 5.92 Å². The van der Waals surface area contributed by atoms with Gasteiger partial charge in [0.15, 0.2) is 5.76 Å². The van der Waals surface area contributed by atoms with Crippen molar-refractivity contribution >= 4 is 22.7 Å². The van der Waals surface area contributed by atoms with Crippen molar-refractivity contribution < 1.29 is 18.7 Å². The number of hydrogen-bond donors (Lipinski definition) is 2. The van der Waals surface area contributed by atoms with Crippen LogP contribution >= 0.6 is 0 Å². The van der Waals surface area contributed by atoms with Crippen LogP contribution in [0.25, 0.3) is 10.9 Å². The first-order valence-corrected chi connectivity index (χ1v) is 11.9. The number of aromatic nitrogens is 1. The van der Waals surface area contributed by atoms with Crippen LogP contribution in [0.1, 0.15) is 40.4 Å². The molecule has 2 atom stereocenters. The zero-order valence-corrected chi connectivity index (χ0v) is 19.7. The predicted octanol–water partition coefficient (Wildman–Crippen LogP) is 4.57. The number of likely N-dealkylation sites (tertiary alicyclic amines) is 1. The third-order valence-corrected chi connectivity index (χ3v) is 6.81. The van der Waals surface area contributed by atoms with Gasteiger partial charge < -0.3 is 24.4 Å². The van der Waals surface area contributed by atoms with E-state index in [0.717, 1.165) is 40.6 Å². The Balaban J connectivity index is 1.33. The van der Waals surface area contributed by atoms with Gasteiger partial charge in [0.05, 0.1) is 19.3 Å². The fourth-order valence-electron chi connectivity index (χ4n) is 4.90. The number of carbonyl (C=O) groups is 2. The first-order valence-electron chi connectivity index (χ1n) is 11.9. The van der Waals surface area contributed by atoms with Gasteiger partial charge >= 0.3 is 0 Å². The average molecular weight is 472 g/mol.